The molecule has 0 saturated carbocycles. The van der Waals surface area contributed by atoms with Crippen LogP contribution >= 0.6 is 11.3 Å². The molecule has 1 unspecified atom stereocenters. The zero-order valence-electron chi connectivity index (χ0n) is 8.63. The summed E-state index contributed by atoms with van der Waals surface area (Å²) in [4.78, 5) is 5.49. The van der Waals surface area contributed by atoms with Gasteiger partial charge >= 0.3 is 0 Å². The maximum absolute atomic E-state index is 4.10. The Morgan fingerprint density at radius 1 is 1.62 bits per heavy atom. The number of rotatable bonds is 5. The van der Waals surface area contributed by atoms with Gasteiger partial charge in [0.25, 0.3) is 0 Å². The summed E-state index contributed by atoms with van der Waals surface area (Å²) in [6.45, 7) is 5.64. The highest BCUT2D eigenvalue weighted by Gasteiger charge is 2.22. The van der Waals surface area contributed by atoms with E-state index in [-0.39, 0.29) is 0 Å². The van der Waals surface area contributed by atoms with Crippen molar-refractivity contribution in [2.24, 2.45) is 5.41 Å². The fourth-order valence-corrected chi connectivity index (χ4v) is 2.30. The largest absolute Gasteiger partial charge is 0.319 e. The second kappa shape index (κ2) is 4.72. The Morgan fingerprint density at radius 3 is 2.85 bits per heavy atom. The summed E-state index contributed by atoms with van der Waals surface area (Å²) in [7, 11) is 2.01. The van der Waals surface area contributed by atoms with Crippen LogP contribution < -0.4 is 5.32 Å². The number of aromatic nitrogens is 1. The highest BCUT2D eigenvalue weighted by atomic mass is 32.1. The molecule has 3 heteroatoms. The lowest BCUT2D eigenvalue weighted by atomic mass is 9.83. The van der Waals surface area contributed by atoms with Crippen molar-refractivity contribution in [1.82, 2.24) is 10.3 Å². The van der Waals surface area contributed by atoms with Crippen LogP contribution in [0.5, 0.6) is 0 Å². The second-order valence-electron chi connectivity index (χ2n) is 3.84. The van der Waals surface area contributed by atoms with Gasteiger partial charge in [0.2, 0.25) is 0 Å². The third-order valence-electron chi connectivity index (χ3n) is 2.54. The SMILES string of the molecule is CCC(C)(CNC)Cc1cncs1. The van der Waals surface area contributed by atoms with Gasteiger partial charge in [-0.1, -0.05) is 13.8 Å². The lowest BCUT2D eigenvalue weighted by Gasteiger charge is -2.27. The third kappa shape index (κ3) is 3.08. The Balaban J connectivity index is 2.58. The van der Waals surface area contributed by atoms with Crippen molar-refractivity contribution < 1.29 is 0 Å². The van der Waals surface area contributed by atoms with Crippen LogP contribution in [-0.2, 0) is 6.42 Å². The highest BCUT2D eigenvalue weighted by molar-refractivity contribution is 7.09. The lowest BCUT2D eigenvalue weighted by molar-refractivity contribution is 0.301. The summed E-state index contributed by atoms with van der Waals surface area (Å²) in [6.07, 6.45) is 4.31. The van der Waals surface area contributed by atoms with E-state index in [0.29, 0.717) is 5.41 Å². The molecule has 13 heavy (non-hydrogen) atoms. The predicted octanol–water partition coefficient (Wildman–Crippen LogP) is 2.32. The fourth-order valence-electron chi connectivity index (χ4n) is 1.49. The van der Waals surface area contributed by atoms with Crippen molar-refractivity contribution in [2.75, 3.05) is 13.6 Å². The molecule has 1 atom stereocenters. The van der Waals surface area contributed by atoms with Crippen LogP contribution in [0, 0.1) is 5.41 Å². The summed E-state index contributed by atoms with van der Waals surface area (Å²) in [5.74, 6) is 0. The van der Waals surface area contributed by atoms with Crippen molar-refractivity contribution in [3.05, 3.63) is 16.6 Å². The first kappa shape index (κ1) is 10.7. The van der Waals surface area contributed by atoms with Crippen LogP contribution in [-0.4, -0.2) is 18.6 Å². The van der Waals surface area contributed by atoms with Crippen LogP contribution in [0.3, 0.4) is 0 Å². The van der Waals surface area contributed by atoms with Gasteiger partial charge in [-0.2, -0.15) is 0 Å². The average Bonchev–Trinajstić information content (AvgIpc) is 2.57. The summed E-state index contributed by atoms with van der Waals surface area (Å²) >= 11 is 1.75. The van der Waals surface area contributed by atoms with Crippen LogP contribution in [0.2, 0.25) is 0 Å². The van der Waals surface area contributed by atoms with Gasteiger partial charge in [-0.05, 0) is 25.3 Å². The van der Waals surface area contributed by atoms with E-state index in [1.165, 1.54) is 11.3 Å². The molecule has 0 radical (unpaired) electrons. The van der Waals surface area contributed by atoms with Gasteiger partial charge in [-0.3, -0.25) is 4.98 Å². The van der Waals surface area contributed by atoms with Gasteiger partial charge in [-0.15, -0.1) is 11.3 Å². The topological polar surface area (TPSA) is 24.9 Å². The molecule has 1 aromatic rings. The van der Waals surface area contributed by atoms with Gasteiger partial charge in [0.15, 0.2) is 0 Å². The van der Waals surface area contributed by atoms with Crippen LogP contribution in [0.4, 0.5) is 0 Å². The zero-order valence-corrected chi connectivity index (χ0v) is 9.45. The van der Waals surface area contributed by atoms with Gasteiger partial charge in [0.1, 0.15) is 0 Å². The fraction of sp³-hybridized carbons (Fsp3) is 0.700. The molecular weight excluding hydrogens is 180 g/mol. The smallest absolute Gasteiger partial charge is 0.0794 e. The number of nitrogens with one attached hydrogen (secondary N) is 1. The van der Waals surface area contributed by atoms with E-state index < -0.39 is 0 Å². The van der Waals surface area contributed by atoms with Crippen LogP contribution in [0.1, 0.15) is 25.1 Å². The van der Waals surface area contributed by atoms with Crippen molar-refractivity contribution >= 4 is 11.3 Å². The van der Waals surface area contributed by atoms with E-state index in [4.69, 9.17) is 0 Å². The first-order valence-corrected chi connectivity index (χ1v) is 5.60. The monoisotopic (exact) mass is 198 g/mol. The van der Waals surface area contributed by atoms with Crippen LogP contribution in [0.15, 0.2) is 11.7 Å². The zero-order chi connectivity index (χ0) is 9.73. The molecule has 0 aliphatic heterocycles. The van der Waals surface area contributed by atoms with E-state index in [9.17, 15) is 0 Å². The van der Waals surface area contributed by atoms with Gasteiger partial charge in [-0.25, -0.2) is 0 Å². The predicted molar refractivity (Wildman–Crippen MR) is 58.1 cm³/mol. The van der Waals surface area contributed by atoms with E-state index in [2.05, 4.69) is 24.1 Å². The minimum atomic E-state index is 0.376. The molecule has 1 aromatic heterocycles. The minimum Gasteiger partial charge on any atom is -0.319 e. The van der Waals surface area contributed by atoms with E-state index in [1.54, 1.807) is 11.3 Å². The molecule has 74 valence electrons. The minimum absolute atomic E-state index is 0.376. The van der Waals surface area contributed by atoms with Crippen LogP contribution in [0.25, 0.3) is 0 Å². The quantitative estimate of drug-likeness (QED) is 0.785. The molecule has 1 N–H and O–H groups in total. The normalized spacial score (nSPS) is 15.6. The Bertz CT molecular complexity index is 233. The summed E-state index contributed by atoms with van der Waals surface area (Å²) in [5.41, 5.74) is 2.28. The number of hydrogen-bond donors (Lipinski definition) is 1. The maximum atomic E-state index is 4.10. The summed E-state index contributed by atoms with van der Waals surface area (Å²) in [5, 5.41) is 3.26. The average molecular weight is 198 g/mol. The second-order valence-corrected chi connectivity index (χ2v) is 4.81. The highest BCUT2D eigenvalue weighted by Crippen LogP contribution is 2.26. The Kier molecular flexibility index (Phi) is 3.88. The van der Waals surface area contributed by atoms with E-state index in [0.717, 1.165) is 13.0 Å². The Morgan fingerprint density at radius 2 is 2.38 bits per heavy atom. The van der Waals surface area contributed by atoms with E-state index in [1.807, 2.05) is 18.8 Å². The van der Waals surface area contributed by atoms with Crippen molar-refractivity contribution in [1.29, 1.82) is 0 Å². The Hall–Kier alpha value is -0.410. The third-order valence-corrected chi connectivity index (χ3v) is 3.32. The maximum Gasteiger partial charge on any atom is 0.0794 e. The molecule has 0 fully saturated rings. The van der Waals surface area contributed by atoms with E-state index >= 15 is 0 Å². The summed E-state index contributed by atoms with van der Waals surface area (Å²) in [6, 6.07) is 0. The number of thiazole rings is 1. The van der Waals surface area contributed by atoms with Crippen molar-refractivity contribution in [2.45, 2.75) is 26.7 Å². The lowest BCUT2D eigenvalue weighted by Crippen LogP contribution is -2.30. The molecular formula is C10H18N2S. The number of hydrogen-bond acceptors (Lipinski definition) is 3. The molecule has 2 nitrogen and oxygen atoms in total. The van der Waals surface area contributed by atoms with Crippen molar-refractivity contribution in [3.63, 3.8) is 0 Å². The van der Waals surface area contributed by atoms with Gasteiger partial charge in [0.05, 0.1) is 5.51 Å². The molecule has 1 rings (SSSR count). The molecule has 0 spiro atoms. The molecule has 0 aliphatic carbocycles. The summed E-state index contributed by atoms with van der Waals surface area (Å²) < 4.78 is 0. The van der Waals surface area contributed by atoms with Gasteiger partial charge < -0.3 is 5.32 Å². The molecule has 1 heterocycles. The number of nitrogens with zero attached hydrogens (tertiary/aromatic N) is 1. The standard InChI is InChI=1S/C10H18N2S/c1-4-10(2,7-11-3)5-9-6-12-8-13-9/h6,8,11H,4-5,7H2,1-3H3. The molecule has 0 aliphatic rings. The molecule has 0 bridgehead atoms. The molecule has 0 saturated heterocycles. The van der Waals surface area contributed by atoms with Gasteiger partial charge in [0, 0.05) is 17.6 Å². The molecule has 0 amide bonds. The Labute approximate surface area is 84.4 Å². The molecule has 0 aromatic carbocycles. The first-order valence-electron chi connectivity index (χ1n) is 4.72. The first-order chi connectivity index (χ1) is 6.20. The van der Waals surface area contributed by atoms with Crippen molar-refractivity contribution in [3.8, 4) is 0 Å².